The summed E-state index contributed by atoms with van der Waals surface area (Å²) in [5.41, 5.74) is 0. The van der Waals surface area contributed by atoms with Crippen molar-refractivity contribution in [1.29, 1.82) is 0 Å². The first-order chi connectivity index (χ1) is 9.77. The van der Waals surface area contributed by atoms with Crippen molar-refractivity contribution in [1.82, 2.24) is 15.1 Å². The molecular formula is C16H35N3O. The topological polar surface area (TPSA) is 27.7 Å². The Hall–Kier alpha value is -0.160. The van der Waals surface area contributed by atoms with Crippen molar-refractivity contribution in [2.45, 2.75) is 45.6 Å². The summed E-state index contributed by atoms with van der Waals surface area (Å²) < 4.78 is 5.33. The molecule has 1 unspecified atom stereocenters. The van der Waals surface area contributed by atoms with Crippen LogP contribution in [0.15, 0.2) is 0 Å². The second-order valence-electron chi connectivity index (χ2n) is 5.84. The maximum absolute atomic E-state index is 5.33. The van der Waals surface area contributed by atoms with E-state index in [-0.39, 0.29) is 0 Å². The van der Waals surface area contributed by atoms with Gasteiger partial charge in [0.2, 0.25) is 0 Å². The third-order valence-electron chi connectivity index (χ3n) is 4.19. The molecule has 120 valence electrons. The van der Waals surface area contributed by atoms with Crippen molar-refractivity contribution in [3.05, 3.63) is 0 Å². The SMILES string of the molecule is CCOCCCCNCCN(C)CC1CCCN1CC. The Morgan fingerprint density at radius 2 is 2.10 bits per heavy atom. The van der Waals surface area contributed by atoms with Gasteiger partial charge in [0.15, 0.2) is 0 Å². The van der Waals surface area contributed by atoms with Crippen LogP contribution in [0, 0.1) is 0 Å². The summed E-state index contributed by atoms with van der Waals surface area (Å²) in [4.78, 5) is 5.10. The lowest BCUT2D eigenvalue weighted by Gasteiger charge is -2.27. The van der Waals surface area contributed by atoms with Gasteiger partial charge in [-0.25, -0.2) is 0 Å². The van der Waals surface area contributed by atoms with E-state index in [1.54, 1.807) is 0 Å². The van der Waals surface area contributed by atoms with Crippen LogP contribution in [0.2, 0.25) is 0 Å². The number of rotatable bonds is 12. The molecular weight excluding hydrogens is 250 g/mol. The quantitative estimate of drug-likeness (QED) is 0.554. The van der Waals surface area contributed by atoms with E-state index < -0.39 is 0 Å². The molecule has 20 heavy (non-hydrogen) atoms. The minimum Gasteiger partial charge on any atom is -0.382 e. The van der Waals surface area contributed by atoms with E-state index in [0.29, 0.717) is 0 Å². The zero-order chi connectivity index (χ0) is 14.6. The first-order valence-corrected chi connectivity index (χ1v) is 8.49. The van der Waals surface area contributed by atoms with Crippen LogP contribution in [0.5, 0.6) is 0 Å². The predicted molar refractivity (Wildman–Crippen MR) is 86.4 cm³/mol. The molecule has 0 aromatic heterocycles. The molecule has 0 radical (unpaired) electrons. The number of ether oxygens (including phenoxy) is 1. The molecule has 1 fully saturated rings. The summed E-state index contributed by atoms with van der Waals surface area (Å²) in [5, 5.41) is 3.53. The van der Waals surface area contributed by atoms with Crippen molar-refractivity contribution >= 4 is 0 Å². The van der Waals surface area contributed by atoms with Gasteiger partial charge in [0.05, 0.1) is 0 Å². The van der Waals surface area contributed by atoms with Gasteiger partial charge in [0, 0.05) is 38.9 Å². The summed E-state index contributed by atoms with van der Waals surface area (Å²) in [6.07, 6.45) is 5.15. The van der Waals surface area contributed by atoms with Crippen molar-refractivity contribution in [3.8, 4) is 0 Å². The zero-order valence-corrected chi connectivity index (χ0v) is 13.9. The van der Waals surface area contributed by atoms with Gasteiger partial charge in [0.25, 0.3) is 0 Å². The third kappa shape index (κ3) is 7.58. The van der Waals surface area contributed by atoms with Gasteiger partial charge in [-0.15, -0.1) is 0 Å². The van der Waals surface area contributed by atoms with E-state index in [2.05, 4.69) is 36.0 Å². The molecule has 1 rings (SSSR count). The molecule has 0 spiro atoms. The second-order valence-corrected chi connectivity index (χ2v) is 5.84. The third-order valence-corrected chi connectivity index (χ3v) is 4.19. The van der Waals surface area contributed by atoms with E-state index in [9.17, 15) is 0 Å². The van der Waals surface area contributed by atoms with Gasteiger partial charge in [-0.3, -0.25) is 4.90 Å². The molecule has 4 nitrogen and oxygen atoms in total. The molecule has 1 atom stereocenters. The number of likely N-dealkylation sites (tertiary alicyclic amines) is 1. The molecule has 1 heterocycles. The summed E-state index contributed by atoms with van der Waals surface area (Å²) in [6, 6.07) is 0.788. The van der Waals surface area contributed by atoms with Crippen LogP contribution in [0.3, 0.4) is 0 Å². The molecule has 0 amide bonds. The average Bonchev–Trinajstić information content (AvgIpc) is 2.89. The van der Waals surface area contributed by atoms with E-state index in [0.717, 1.165) is 38.9 Å². The highest BCUT2D eigenvalue weighted by atomic mass is 16.5. The molecule has 1 N–H and O–H groups in total. The van der Waals surface area contributed by atoms with E-state index in [1.165, 1.54) is 45.3 Å². The fourth-order valence-corrected chi connectivity index (χ4v) is 2.96. The lowest BCUT2D eigenvalue weighted by Crippen LogP contribution is -2.40. The minimum absolute atomic E-state index is 0.788. The number of likely N-dealkylation sites (N-methyl/N-ethyl adjacent to an activating group) is 2. The summed E-state index contributed by atoms with van der Waals surface area (Å²) in [7, 11) is 2.25. The average molecular weight is 285 g/mol. The van der Waals surface area contributed by atoms with E-state index in [1.807, 2.05) is 0 Å². The maximum Gasteiger partial charge on any atom is 0.0466 e. The van der Waals surface area contributed by atoms with Gasteiger partial charge in [0.1, 0.15) is 0 Å². The maximum atomic E-state index is 5.33. The predicted octanol–water partition coefficient (Wildman–Crippen LogP) is 1.81. The Morgan fingerprint density at radius 3 is 2.85 bits per heavy atom. The lowest BCUT2D eigenvalue weighted by atomic mass is 10.2. The number of unbranched alkanes of at least 4 members (excludes halogenated alkanes) is 1. The first kappa shape index (κ1) is 17.9. The van der Waals surface area contributed by atoms with Crippen LogP contribution in [0.4, 0.5) is 0 Å². The van der Waals surface area contributed by atoms with Crippen molar-refractivity contribution < 1.29 is 4.74 Å². The number of nitrogens with zero attached hydrogens (tertiary/aromatic N) is 2. The highest BCUT2D eigenvalue weighted by molar-refractivity contribution is 4.80. The van der Waals surface area contributed by atoms with Crippen LogP contribution in [-0.2, 0) is 4.74 Å². The van der Waals surface area contributed by atoms with Crippen molar-refractivity contribution in [3.63, 3.8) is 0 Å². The standard InChI is InChI=1S/C16H35N3O/c1-4-19-12-8-9-16(19)15-18(3)13-11-17-10-6-7-14-20-5-2/h16-17H,4-15H2,1-3H3. The van der Waals surface area contributed by atoms with E-state index >= 15 is 0 Å². The lowest BCUT2D eigenvalue weighted by molar-refractivity contribution is 0.143. The van der Waals surface area contributed by atoms with Crippen LogP contribution in [0.25, 0.3) is 0 Å². The Labute approximate surface area is 125 Å². The monoisotopic (exact) mass is 285 g/mol. The molecule has 0 bridgehead atoms. The molecule has 0 aromatic rings. The van der Waals surface area contributed by atoms with Gasteiger partial charge in [-0.2, -0.15) is 0 Å². The molecule has 1 saturated heterocycles. The highest BCUT2D eigenvalue weighted by Crippen LogP contribution is 2.16. The highest BCUT2D eigenvalue weighted by Gasteiger charge is 2.23. The molecule has 4 heteroatoms. The molecule has 0 aromatic carbocycles. The van der Waals surface area contributed by atoms with Gasteiger partial charge in [-0.05, 0) is 59.3 Å². The van der Waals surface area contributed by atoms with Gasteiger partial charge < -0.3 is 15.0 Å². The fourth-order valence-electron chi connectivity index (χ4n) is 2.96. The second kappa shape index (κ2) is 11.5. The Kier molecular flexibility index (Phi) is 10.3. The summed E-state index contributed by atoms with van der Waals surface area (Å²) >= 11 is 0. The number of hydrogen-bond donors (Lipinski definition) is 1. The van der Waals surface area contributed by atoms with Crippen LogP contribution < -0.4 is 5.32 Å². The molecule has 1 aliphatic heterocycles. The van der Waals surface area contributed by atoms with Crippen molar-refractivity contribution in [2.24, 2.45) is 0 Å². The Balaban J connectivity index is 1.93. The van der Waals surface area contributed by atoms with Crippen LogP contribution in [0.1, 0.15) is 39.5 Å². The van der Waals surface area contributed by atoms with Crippen LogP contribution in [-0.4, -0.2) is 75.4 Å². The van der Waals surface area contributed by atoms with Gasteiger partial charge in [-0.1, -0.05) is 6.92 Å². The zero-order valence-electron chi connectivity index (χ0n) is 13.9. The molecule has 1 aliphatic rings. The number of nitrogens with one attached hydrogen (secondary N) is 1. The smallest absolute Gasteiger partial charge is 0.0466 e. The fraction of sp³-hybridized carbons (Fsp3) is 1.00. The minimum atomic E-state index is 0.788. The molecule has 0 saturated carbocycles. The normalized spacial score (nSPS) is 20.1. The Morgan fingerprint density at radius 1 is 1.25 bits per heavy atom. The van der Waals surface area contributed by atoms with Crippen LogP contribution >= 0.6 is 0 Å². The van der Waals surface area contributed by atoms with E-state index in [4.69, 9.17) is 4.74 Å². The Bertz CT molecular complexity index is 226. The number of hydrogen-bond acceptors (Lipinski definition) is 4. The van der Waals surface area contributed by atoms with Crippen molar-refractivity contribution in [2.75, 3.05) is 59.5 Å². The first-order valence-electron chi connectivity index (χ1n) is 8.49. The molecule has 0 aliphatic carbocycles. The van der Waals surface area contributed by atoms with Gasteiger partial charge >= 0.3 is 0 Å². The summed E-state index contributed by atoms with van der Waals surface area (Å²) in [5.74, 6) is 0. The summed E-state index contributed by atoms with van der Waals surface area (Å²) in [6.45, 7) is 13.2. The largest absolute Gasteiger partial charge is 0.382 e.